The van der Waals surface area contributed by atoms with Crippen LogP contribution >= 0.6 is 0 Å². The van der Waals surface area contributed by atoms with Gasteiger partial charge in [-0.15, -0.1) is 5.11 Å². The lowest BCUT2D eigenvalue weighted by molar-refractivity contribution is -0.117. The summed E-state index contributed by atoms with van der Waals surface area (Å²) in [5, 5.41) is 10.2. The van der Waals surface area contributed by atoms with Crippen LogP contribution in [0.4, 0.5) is 14.5 Å². The van der Waals surface area contributed by atoms with Crippen molar-refractivity contribution in [1.82, 2.24) is 20.3 Å². The zero-order valence-electron chi connectivity index (χ0n) is 23.8. The van der Waals surface area contributed by atoms with Gasteiger partial charge in [-0.25, -0.2) is 19.3 Å². The van der Waals surface area contributed by atoms with Gasteiger partial charge in [-0.3, -0.25) is 14.6 Å². The van der Waals surface area contributed by atoms with Gasteiger partial charge in [0.15, 0.2) is 11.4 Å². The maximum Gasteiger partial charge on any atom is 0.272 e. The lowest BCUT2D eigenvalue weighted by Gasteiger charge is -2.36. The topological polar surface area (TPSA) is 149 Å². The van der Waals surface area contributed by atoms with Gasteiger partial charge in [0.25, 0.3) is 5.91 Å². The van der Waals surface area contributed by atoms with E-state index in [9.17, 15) is 18.4 Å². The number of rotatable bonds is 8. The van der Waals surface area contributed by atoms with Gasteiger partial charge in [-0.2, -0.15) is 5.10 Å². The number of carbonyl (C=O) groups is 2. The molecule has 2 aromatic heterocycles. The second-order valence-corrected chi connectivity index (χ2v) is 11.0. The van der Waals surface area contributed by atoms with E-state index in [4.69, 9.17) is 9.95 Å². The number of halogens is 2. The van der Waals surface area contributed by atoms with E-state index >= 15 is 0 Å². The van der Waals surface area contributed by atoms with Crippen molar-refractivity contribution in [2.24, 2.45) is 22.1 Å². The monoisotopic (exact) mass is 600 g/mol. The number of nitrogens with one attached hydrogen (secondary N) is 3. The summed E-state index contributed by atoms with van der Waals surface area (Å²) in [4.78, 5) is 36.2. The smallest absolute Gasteiger partial charge is 0.272 e. The summed E-state index contributed by atoms with van der Waals surface area (Å²) < 4.78 is 32.7. The van der Waals surface area contributed by atoms with Crippen LogP contribution in [0.15, 0.2) is 75.4 Å². The van der Waals surface area contributed by atoms with Gasteiger partial charge >= 0.3 is 0 Å². The minimum atomic E-state index is -1.08. The van der Waals surface area contributed by atoms with Crippen LogP contribution in [0.5, 0.6) is 0 Å². The molecule has 2 amide bonds. The van der Waals surface area contributed by atoms with Gasteiger partial charge in [0.1, 0.15) is 23.2 Å². The normalized spacial score (nSPS) is 19.4. The summed E-state index contributed by atoms with van der Waals surface area (Å²) in [7, 11) is 0. The molecule has 4 aromatic rings. The van der Waals surface area contributed by atoms with E-state index in [-0.39, 0.29) is 47.5 Å². The van der Waals surface area contributed by atoms with Crippen LogP contribution in [0.3, 0.4) is 0 Å². The fraction of sp³-hybridized carbons (Fsp3) is 0.323. The van der Waals surface area contributed by atoms with Crippen molar-refractivity contribution < 1.29 is 22.8 Å². The molecule has 2 fully saturated rings. The van der Waals surface area contributed by atoms with Gasteiger partial charge < -0.3 is 20.1 Å². The zero-order chi connectivity index (χ0) is 30.8. The van der Waals surface area contributed by atoms with E-state index in [0.29, 0.717) is 54.2 Å². The number of carbonyl (C=O) groups excluding carboxylic acids is 2. The molecule has 6 rings (SSSR count). The number of hydrazone groups is 1. The first kappa shape index (κ1) is 29.0. The molecule has 1 saturated heterocycles. The number of amidine groups is 1. The van der Waals surface area contributed by atoms with Crippen molar-refractivity contribution in [2.45, 2.75) is 38.4 Å². The number of piperidine rings is 1. The molecule has 1 aliphatic heterocycles. The molecule has 0 spiro atoms. The van der Waals surface area contributed by atoms with Crippen molar-refractivity contribution >= 4 is 34.4 Å². The van der Waals surface area contributed by atoms with Gasteiger partial charge in [0.05, 0.1) is 12.0 Å². The zero-order valence-corrected chi connectivity index (χ0v) is 23.8. The van der Waals surface area contributed by atoms with Crippen molar-refractivity contribution in [3.05, 3.63) is 77.9 Å². The number of oxazole rings is 1. The molecule has 3 N–H and O–H groups in total. The summed E-state index contributed by atoms with van der Waals surface area (Å²) in [5.74, 6) is -0.832. The SMILES string of the molecule is C/C(N=N)=N/NC(c1ccc(F)cc1)C1CCN(C(=O)c2cc(-c3nc4cc(NC(=O)C5C[C@@H]5F)ccc4o3)ccn2)CC1. The van der Waals surface area contributed by atoms with E-state index in [2.05, 4.69) is 30.9 Å². The Balaban J connectivity index is 1.13. The highest BCUT2D eigenvalue weighted by molar-refractivity contribution is 5.96. The Morgan fingerprint density at radius 2 is 1.86 bits per heavy atom. The Morgan fingerprint density at radius 1 is 1.11 bits per heavy atom. The number of aromatic nitrogens is 2. The Bertz CT molecular complexity index is 1730. The first-order chi connectivity index (χ1) is 21.3. The lowest BCUT2D eigenvalue weighted by atomic mass is 9.85. The molecule has 2 unspecified atom stereocenters. The molecule has 0 bridgehead atoms. The fourth-order valence-corrected chi connectivity index (χ4v) is 5.39. The molecule has 13 heteroatoms. The van der Waals surface area contributed by atoms with E-state index in [1.807, 2.05) is 0 Å². The van der Waals surface area contributed by atoms with Crippen molar-refractivity contribution in [3.63, 3.8) is 0 Å². The third-order valence-corrected chi connectivity index (χ3v) is 7.99. The summed E-state index contributed by atoms with van der Waals surface area (Å²) in [6.45, 7) is 2.59. The lowest BCUT2D eigenvalue weighted by Crippen LogP contribution is -2.41. The Hall–Kier alpha value is -5.07. The number of benzene rings is 2. The average molecular weight is 601 g/mol. The summed E-state index contributed by atoms with van der Waals surface area (Å²) in [6.07, 6.45) is 2.04. The first-order valence-corrected chi connectivity index (χ1v) is 14.3. The van der Waals surface area contributed by atoms with Gasteiger partial charge in [-0.05, 0) is 80.1 Å². The average Bonchev–Trinajstić information content (AvgIpc) is 3.63. The maximum atomic E-state index is 13.6. The predicted octanol–water partition coefficient (Wildman–Crippen LogP) is 5.87. The number of nitrogens with zero attached hydrogens (tertiary/aromatic N) is 5. The number of likely N-dealkylation sites (tertiary alicyclic amines) is 1. The highest BCUT2D eigenvalue weighted by Gasteiger charge is 2.43. The van der Waals surface area contributed by atoms with Crippen molar-refractivity contribution in [3.8, 4) is 11.5 Å². The standard InChI is InChI=1S/C31H30F2N8O3/c1-17(38-34)39-40-28(18-2-4-21(32)5-3-18)19-9-12-41(13-10-19)31(43)26-14-20(8-11-35-26)30-37-25-15-22(6-7-27(25)44-30)36-29(42)23-16-24(23)33/h2-8,11,14-15,19,23-24,28,34,40H,9-10,12-13,16H2,1H3,(H,36,42)/b38-34?,39-17-/t23?,24-,28?/m0/s1. The predicted molar refractivity (Wildman–Crippen MR) is 158 cm³/mol. The van der Waals surface area contributed by atoms with Crippen LogP contribution in [0.2, 0.25) is 0 Å². The summed E-state index contributed by atoms with van der Waals surface area (Å²) in [5.41, 5.74) is 13.4. The quantitative estimate of drug-likeness (QED) is 0.0996. The molecule has 3 heterocycles. The number of alkyl halides is 1. The first-order valence-electron chi connectivity index (χ1n) is 14.3. The number of pyridine rings is 1. The van der Waals surface area contributed by atoms with Crippen LogP contribution in [0, 0.1) is 23.2 Å². The van der Waals surface area contributed by atoms with Gasteiger partial charge in [0.2, 0.25) is 11.8 Å². The molecular weight excluding hydrogens is 570 g/mol. The Morgan fingerprint density at radius 3 is 2.57 bits per heavy atom. The molecule has 3 atom stereocenters. The van der Waals surface area contributed by atoms with Crippen molar-refractivity contribution in [2.75, 3.05) is 18.4 Å². The molecule has 226 valence electrons. The molecule has 44 heavy (non-hydrogen) atoms. The minimum Gasteiger partial charge on any atom is -0.436 e. The van der Waals surface area contributed by atoms with Gasteiger partial charge in [0, 0.05) is 30.5 Å². The fourth-order valence-electron chi connectivity index (χ4n) is 5.39. The number of amides is 2. The largest absolute Gasteiger partial charge is 0.436 e. The van der Waals surface area contributed by atoms with E-state index < -0.39 is 12.1 Å². The van der Waals surface area contributed by atoms with Crippen LogP contribution < -0.4 is 10.7 Å². The second-order valence-electron chi connectivity index (χ2n) is 11.0. The van der Waals surface area contributed by atoms with Gasteiger partial charge in [-0.1, -0.05) is 12.1 Å². The van der Waals surface area contributed by atoms with Crippen molar-refractivity contribution in [1.29, 1.82) is 5.53 Å². The van der Waals surface area contributed by atoms with E-state index in [0.717, 1.165) is 5.56 Å². The van der Waals surface area contributed by atoms with E-state index in [1.54, 1.807) is 54.3 Å². The van der Waals surface area contributed by atoms with E-state index in [1.165, 1.54) is 18.3 Å². The maximum absolute atomic E-state index is 13.6. The van der Waals surface area contributed by atoms with Crippen LogP contribution in [-0.4, -0.2) is 51.8 Å². The highest BCUT2D eigenvalue weighted by Crippen LogP contribution is 2.35. The second kappa shape index (κ2) is 12.3. The molecule has 1 saturated carbocycles. The Kier molecular flexibility index (Phi) is 8.09. The number of anilines is 1. The molecular formula is C31H30F2N8O3. The molecule has 0 radical (unpaired) electrons. The molecule has 2 aromatic carbocycles. The Labute approximate surface area is 251 Å². The summed E-state index contributed by atoms with van der Waals surface area (Å²) >= 11 is 0. The molecule has 2 aliphatic rings. The molecule has 1 aliphatic carbocycles. The summed E-state index contributed by atoms with van der Waals surface area (Å²) in [6, 6.07) is 14.3. The van der Waals surface area contributed by atoms with Crippen LogP contribution in [-0.2, 0) is 4.79 Å². The number of hydrogen-bond acceptors (Lipinski definition) is 8. The number of hydrogen-bond donors (Lipinski definition) is 3. The molecule has 11 nitrogen and oxygen atoms in total. The minimum absolute atomic E-state index is 0.100. The highest BCUT2D eigenvalue weighted by atomic mass is 19.1. The number of fused-ring (bicyclic) bond motifs is 1. The van der Waals surface area contributed by atoms with Crippen LogP contribution in [0.25, 0.3) is 22.6 Å². The third kappa shape index (κ3) is 6.31. The third-order valence-electron chi connectivity index (χ3n) is 7.99. The van der Waals surface area contributed by atoms with Crippen LogP contribution in [0.1, 0.15) is 48.3 Å².